The third-order valence-corrected chi connectivity index (χ3v) is 7.50. The quantitative estimate of drug-likeness (QED) is 0.220. The van der Waals surface area contributed by atoms with Crippen LogP contribution in [0.3, 0.4) is 0 Å². The molecule has 0 aromatic rings. The van der Waals surface area contributed by atoms with Gasteiger partial charge >= 0.3 is 5.97 Å². The molecule has 2 N–H and O–H groups in total. The van der Waals surface area contributed by atoms with Gasteiger partial charge in [-0.3, -0.25) is 0 Å². The zero-order valence-electron chi connectivity index (χ0n) is 23.0. The summed E-state index contributed by atoms with van der Waals surface area (Å²) < 4.78 is 13.5. The Labute approximate surface area is 218 Å². The van der Waals surface area contributed by atoms with Crippen LogP contribution >= 0.6 is 0 Å². The van der Waals surface area contributed by atoms with E-state index in [1.165, 1.54) is 25.3 Å². The number of hydrogen-bond donors (Lipinski definition) is 2. The average molecular weight is 501 g/mol. The maximum absolute atomic E-state index is 10.7. The van der Waals surface area contributed by atoms with Gasteiger partial charge in [0.25, 0.3) is 0 Å². The largest absolute Gasteiger partial charge is 0.478 e. The van der Waals surface area contributed by atoms with Gasteiger partial charge in [0.15, 0.2) is 5.79 Å². The molecule has 2 fully saturated rings. The molecule has 0 bridgehead atoms. The van der Waals surface area contributed by atoms with Crippen molar-refractivity contribution in [3.05, 3.63) is 60.3 Å². The zero-order valence-corrected chi connectivity index (χ0v) is 23.0. The molecule has 0 aromatic heterocycles. The van der Waals surface area contributed by atoms with Crippen molar-refractivity contribution in [3.63, 3.8) is 0 Å². The first-order chi connectivity index (χ1) is 17.0. The number of rotatable bonds is 12. The second-order valence-electron chi connectivity index (χ2n) is 10.9. The van der Waals surface area contributed by atoms with Crippen LogP contribution in [0.2, 0.25) is 0 Å². The average Bonchev–Trinajstić information content (AvgIpc) is 2.84. The Hall–Kier alpha value is -1.95. The van der Waals surface area contributed by atoms with Crippen molar-refractivity contribution in [1.82, 2.24) is 0 Å². The fourth-order valence-electron chi connectivity index (χ4n) is 4.98. The molecular formula is C31H48O5. The Morgan fingerprint density at radius 3 is 2.53 bits per heavy atom. The predicted octanol–water partition coefficient (Wildman–Crippen LogP) is 7.15. The lowest BCUT2D eigenvalue weighted by Crippen LogP contribution is -2.52. The van der Waals surface area contributed by atoms with Gasteiger partial charge < -0.3 is 19.7 Å². The fourth-order valence-corrected chi connectivity index (χ4v) is 4.98. The minimum atomic E-state index is -1.01. The number of unbranched alkanes of at least 4 members (excludes halogenated alkanes) is 1. The molecule has 5 nitrogen and oxygen atoms in total. The van der Waals surface area contributed by atoms with Crippen molar-refractivity contribution in [2.24, 2.45) is 17.8 Å². The summed E-state index contributed by atoms with van der Waals surface area (Å²) in [4.78, 5) is 10.7. The van der Waals surface area contributed by atoms with Crippen molar-refractivity contribution < 1.29 is 24.5 Å². The van der Waals surface area contributed by atoms with E-state index in [1.807, 2.05) is 19.9 Å². The van der Waals surface area contributed by atoms with Crippen molar-refractivity contribution in [2.45, 2.75) is 110 Å². The summed E-state index contributed by atoms with van der Waals surface area (Å²) >= 11 is 0. The van der Waals surface area contributed by atoms with E-state index in [-0.39, 0.29) is 18.1 Å². The molecule has 7 atom stereocenters. The molecule has 0 amide bonds. The molecule has 0 saturated carbocycles. The molecule has 0 aromatic carbocycles. The minimum absolute atomic E-state index is 0.0647. The Balaban J connectivity index is 2.03. The highest BCUT2D eigenvalue weighted by Crippen LogP contribution is 2.44. The van der Waals surface area contributed by atoms with E-state index in [0.29, 0.717) is 11.8 Å². The van der Waals surface area contributed by atoms with Crippen molar-refractivity contribution in [2.75, 3.05) is 0 Å². The Morgan fingerprint density at radius 1 is 1.14 bits per heavy atom. The van der Waals surface area contributed by atoms with Crippen LogP contribution in [0.25, 0.3) is 0 Å². The second kappa shape index (κ2) is 14.7. The van der Waals surface area contributed by atoms with Gasteiger partial charge in [-0.05, 0) is 51.4 Å². The second-order valence-corrected chi connectivity index (χ2v) is 10.9. The maximum atomic E-state index is 10.7. The van der Waals surface area contributed by atoms with E-state index < -0.39 is 17.9 Å². The number of ether oxygens (including phenoxy) is 2. The van der Waals surface area contributed by atoms with E-state index in [1.54, 1.807) is 13.0 Å². The third-order valence-electron chi connectivity index (χ3n) is 7.50. The van der Waals surface area contributed by atoms with Gasteiger partial charge in [-0.25, -0.2) is 4.79 Å². The lowest BCUT2D eigenvalue weighted by Gasteiger charge is -2.49. The lowest BCUT2D eigenvalue weighted by molar-refractivity contribution is -0.324. The van der Waals surface area contributed by atoms with Crippen LogP contribution in [-0.4, -0.2) is 40.3 Å². The number of carboxylic acid groups (broad SMARTS) is 1. The molecule has 5 heteroatoms. The molecule has 1 spiro atoms. The van der Waals surface area contributed by atoms with Gasteiger partial charge in [0.2, 0.25) is 0 Å². The monoisotopic (exact) mass is 500 g/mol. The summed E-state index contributed by atoms with van der Waals surface area (Å²) in [6, 6.07) is 0. The first-order valence-corrected chi connectivity index (χ1v) is 13.7. The summed E-state index contributed by atoms with van der Waals surface area (Å²) in [7, 11) is 0. The predicted molar refractivity (Wildman–Crippen MR) is 147 cm³/mol. The lowest BCUT2D eigenvalue weighted by atomic mass is 9.81. The molecule has 0 radical (unpaired) electrons. The number of aliphatic hydroxyl groups excluding tert-OH is 1. The fraction of sp³-hybridized carbons (Fsp3) is 0.645. The van der Waals surface area contributed by atoms with Gasteiger partial charge in [0.05, 0.1) is 18.3 Å². The first-order valence-electron chi connectivity index (χ1n) is 13.7. The van der Waals surface area contributed by atoms with E-state index in [9.17, 15) is 9.90 Å². The Morgan fingerprint density at radius 2 is 1.86 bits per heavy atom. The third kappa shape index (κ3) is 9.84. The van der Waals surface area contributed by atoms with E-state index in [0.717, 1.165) is 49.3 Å². The van der Waals surface area contributed by atoms with E-state index in [4.69, 9.17) is 14.6 Å². The topological polar surface area (TPSA) is 76.0 Å². The van der Waals surface area contributed by atoms with Crippen molar-refractivity contribution in [1.29, 1.82) is 0 Å². The number of aliphatic carboxylic acids is 1. The molecule has 2 aliphatic heterocycles. The first kappa shape index (κ1) is 30.3. The zero-order chi connectivity index (χ0) is 26.7. The number of hydrogen-bond acceptors (Lipinski definition) is 4. The smallest absolute Gasteiger partial charge is 0.327 e. The highest BCUT2D eigenvalue weighted by atomic mass is 16.7. The summed E-state index contributed by atoms with van der Waals surface area (Å²) in [5, 5.41) is 19.0. The van der Waals surface area contributed by atoms with Gasteiger partial charge in [-0.15, -0.1) is 0 Å². The van der Waals surface area contributed by atoms with E-state index in [2.05, 4.69) is 38.7 Å². The van der Waals surface area contributed by atoms with Crippen LogP contribution in [0.1, 0.15) is 86.0 Å². The summed E-state index contributed by atoms with van der Waals surface area (Å²) in [5.74, 6) is -0.822. The van der Waals surface area contributed by atoms with Crippen molar-refractivity contribution >= 4 is 5.97 Å². The Kier molecular flexibility index (Phi) is 12.4. The van der Waals surface area contributed by atoms with Crippen LogP contribution in [0, 0.1) is 17.8 Å². The molecule has 7 unspecified atom stereocenters. The van der Waals surface area contributed by atoms with E-state index >= 15 is 0 Å². The van der Waals surface area contributed by atoms with Crippen LogP contribution in [-0.2, 0) is 14.3 Å². The number of aliphatic hydroxyl groups is 1. The highest BCUT2D eigenvalue weighted by molar-refractivity contribution is 5.79. The van der Waals surface area contributed by atoms with Gasteiger partial charge in [-0.1, -0.05) is 87.8 Å². The number of allylic oxidation sites excluding steroid dienone is 4. The van der Waals surface area contributed by atoms with Gasteiger partial charge in [-0.2, -0.15) is 0 Å². The van der Waals surface area contributed by atoms with Gasteiger partial charge in [0.1, 0.15) is 0 Å². The summed E-state index contributed by atoms with van der Waals surface area (Å²) in [6.07, 6.45) is 20.5. The molecule has 0 aliphatic carbocycles. The normalized spacial score (nSPS) is 31.4. The molecule has 2 aliphatic rings. The van der Waals surface area contributed by atoms with Gasteiger partial charge in [0, 0.05) is 24.8 Å². The number of carbonyl (C=O) groups is 1. The summed E-state index contributed by atoms with van der Waals surface area (Å²) in [5.41, 5.74) is 2.08. The highest BCUT2D eigenvalue weighted by Gasteiger charge is 2.46. The molecule has 2 heterocycles. The van der Waals surface area contributed by atoms with Crippen LogP contribution in [0.4, 0.5) is 0 Å². The van der Waals surface area contributed by atoms with Crippen molar-refractivity contribution in [3.8, 4) is 0 Å². The number of carboxylic acids is 1. The standard InChI is InChI=1S/C31H48O5/c1-7-8-9-26-19-21-31(36-29(26)15-10-22(2)3)20-18-25(6)28(35-31)16-12-23(4)11-14-27(32)24(5)13-17-30(33)34/h10-15,17,24-29,32H,2,7-9,16,18-21H2,1,3-6H3,(H,33,34)/b14-11+,15-10+,17-13+,23-12+. The molecule has 202 valence electrons. The Bertz CT molecular complexity index is 838. The van der Waals surface area contributed by atoms with Crippen LogP contribution in [0.15, 0.2) is 60.3 Å². The molecule has 2 rings (SSSR count). The molecular weight excluding hydrogens is 452 g/mol. The summed E-state index contributed by atoms with van der Waals surface area (Å²) in [6.45, 7) is 14.3. The molecule has 36 heavy (non-hydrogen) atoms. The minimum Gasteiger partial charge on any atom is -0.478 e. The maximum Gasteiger partial charge on any atom is 0.327 e. The SMILES string of the molecule is C=C(C)/C=C/C1OC2(CCC(C)C(C/C=C(C)/C=C/C(O)C(C)/C=C/C(=O)O)O2)CCC1CCCC. The molecule has 2 saturated heterocycles. The van der Waals surface area contributed by atoms with Crippen LogP contribution in [0.5, 0.6) is 0 Å². The van der Waals surface area contributed by atoms with Crippen LogP contribution < -0.4 is 0 Å².